The molecule has 35 heavy (non-hydrogen) atoms. The second-order valence-corrected chi connectivity index (χ2v) is 7.31. The first-order valence-corrected chi connectivity index (χ1v) is 10.0. The van der Waals surface area contributed by atoms with E-state index in [-0.39, 0.29) is 17.0 Å². The number of ether oxygens (including phenoxy) is 1. The summed E-state index contributed by atoms with van der Waals surface area (Å²) in [7, 11) is 1.50. The second-order valence-electron chi connectivity index (χ2n) is 7.31. The van der Waals surface area contributed by atoms with Crippen LogP contribution >= 0.6 is 0 Å². The van der Waals surface area contributed by atoms with Crippen molar-refractivity contribution in [1.29, 1.82) is 0 Å². The molecule has 0 aromatic heterocycles. The third kappa shape index (κ3) is 6.98. The molecule has 1 amide bonds. The lowest BCUT2D eigenvalue weighted by molar-refractivity contribution is -0.274. The zero-order chi connectivity index (χ0) is 25.8. The zero-order valence-corrected chi connectivity index (χ0v) is 18.4. The summed E-state index contributed by atoms with van der Waals surface area (Å²) in [6, 6.07) is 9.42. The van der Waals surface area contributed by atoms with Crippen molar-refractivity contribution in [1.82, 2.24) is 0 Å². The summed E-state index contributed by atoms with van der Waals surface area (Å²) in [5.41, 5.74) is 1.40. The molecule has 0 fully saturated rings. The minimum atomic E-state index is -4.79. The van der Waals surface area contributed by atoms with Gasteiger partial charge in [0, 0.05) is 35.3 Å². The third-order valence-electron chi connectivity index (χ3n) is 4.77. The fourth-order valence-corrected chi connectivity index (χ4v) is 3.18. The molecule has 2 N–H and O–H groups in total. The van der Waals surface area contributed by atoms with Crippen molar-refractivity contribution in [3.05, 3.63) is 89.2 Å². The molecular weight excluding hydrogens is 476 g/mol. The molecule has 0 unspecified atom stereocenters. The van der Waals surface area contributed by atoms with E-state index < -0.39 is 24.0 Å². The van der Waals surface area contributed by atoms with E-state index in [2.05, 4.69) is 20.4 Å². The molecule has 3 rings (SSSR count). The first kappa shape index (κ1) is 25.6. The van der Waals surface area contributed by atoms with E-state index >= 15 is 0 Å². The van der Waals surface area contributed by atoms with Crippen molar-refractivity contribution in [2.24, 2.45) is 4.99 Å². The maximum atomic E-state index is 12.9. The summed E-state index contributed by atoms with van der Waals surface area (Å²) in [6.45, 7) is 1.71. The highest BCUT2D eigenvalue weighted by Gasteiger charge is 2.31. The van der Waals surface area contributed by atoms with Crippen LogP contribution in [-0.2, 0) is 11.0 Å². The molecule has 2 aromatic rings. The molecule has 2 aromatic carbocycles. The summed E-state index contributed by atoms with van der Waals surface area (Å²) < 4.78 is 79.5. The molecule has 0 radical (unpaired) electrons. The quantitative estimate of drug-likeness (QED) is 0.466. The van der Waals surface area contributed by atoms with Gasteiger partial charge in [0.2, 0.25) is 0 Å². The Morgan fingerprint density at radius 3 is 2.20 bits per heavy atom. The number of benzene rings is 2. The van der Waals surface area contributed by atoms with E-state index in [1.165, 1.54) is 43.5 Å². The minimum Gasteiger partial charge on any atom is -0.406 e. The molecule has 184 valence electrons. The van der Waals surface area contributed by atoms with E-state index in [9.17, 15) is 31.1 Å². The molecule has 0 saturated carbocycles. The van der Waals surface area contributed by atoms with Gasteiger partial charge in [-0.3, -0.25) is 9.79 Å². The molecular formula is C24H19F6N3O2. The normalized spacial score (nSPS) is 16.6. The van der Waals surface area contributed by atoms with Gasteiger partial charge in [-0.15, -0.1) is 13.2 Å². The molecule has 0 spiro atoms. The molecule has 0 bridgehead atoms. The van der Waals surface area contributed by atoms with Crippen LogP contribution in [0.2, 0.25) is 0 Å². The Balaban J connectivity index is 1.73. The highest BCUT2D eigenvalue weighted by molar-refractivity contribution is 6.19. The van der Waals surface area contributed by atoms with Gasteiger partial charge in [0.05, 0.1) is 11.3 Å². The van der Waals surface area contributed by atoms with Crippen molar-refractivity contribution >= 4 is 23.0 Å². The van der Waals surface area contributed by atoms with Crippen LogP contribution in [0.1, 0.15) is 12.5 Å². The van der Waals surface area contributed by atoms with Gasteiger partial charge in [0.15, 0.2) is 0 Å². The molecule has 0 saturated heterocycles. The molecule has 0 heterocycles. The van der Waals surface area contributed by atoms with E-state index in [1.54, 1.807) is 13.0 Å². The van der Waals surface area contributed by atoms with Crippen LogP contribution in [-0.4, -0.2) is 25.0 Å². The number of anilines is 2. The van der Waals surface area contributed by atoms with Crippen LogP contribution in [0.5, 0.6) is 5.75 Å². The van der Waals surface area contributed by atoms with Crippen molar-refractivity contribution in [2.45, 2.75) is 19.5 Å². The monoisotopic (exact) mass is 495 g/mol. The standard InChI is InChI=1S/C24H19F6N3O2/c1-14(32-17-7-9-19(10-8-17)35-24(28,29)30)20-11-6-15(12-21(20)31-2)22(34)33-18-5-3-4-16(13-18)23(25,26)27/h3-13,32H,1-2H3,(H,33,34)/b20-14+,31-21-. The summed E-state index contributed by atoms with van der Waals surface area (Å²) >= 11 is 0. The Kier molecular flexibility index (Phi) is 7.37. The van der Waals surface area contributed by atoms with Crippen molar-refractivity contribution in [3.63, 3.8) is 0 Å². The van der Waals surface area contributed by atoms with E-state index in [0.29, 0.717) is 22.7 Å². The van der Waals surface area contributed by atoms with Gasteiger partial charge in [-0.1, -0.05) is 12.1 Å². The van der Waals surface area contributed by atoms with Crippen LogP contribution in [0.3, 0.4) is 0 Å². The summed E-state index contributed by atoms with van der Waals surface area (Å²) in [5, 5.41) is 5.48. The first-order valence-electron chi connectivity index (χ1n) is 10.0. The fourth-order valence-electron chi connectivity index (χ4n) is 3.18. The Labute approximate surface area is 196 Å². The van der Waals surface area contributed by atoms with Crippen LogP contribution in [0.25, 0.3) is 0 Å². The number of allylic oxidation sites excluding steroid dienone is 4. The van der Waals surface area contributed by atoms with Gasteiger partial charge in [0.1, 0.15) is 5.75 Å². The lowest BCUT2D eigenvalue weighted by Gasteiger charge is -2.17. The smallest absolute Gasteiger partial charge is 0.406 e. The lowest BCUT2D eigenvalue weighted by Crippen LogP contribution is -2.18. The molecule has 0 atom stereocenters. The number of hydrogen-bond donors (Lipinski definition) is 2. The van der Waals surface area contributed by atoms with E-state index in [0.717, 1.165) is 24.3 Å². The van der Waals surface area contributed by atoms with Crippen LogP contribution < -0.4 is 15.4 Å². The van der Waals surface area contributed by atoms with Gasteiger partial charge in [-0.05, 0) is 61.5 Å². The summed E-state index contributed by atoms with van der Waals surface area (Å²) in [5.74, 6) is -0.979. The fraction of sp³-hybridized carbons (Fsp3) is 0.167. The van der Waals surface area contributed by atoms with Crippen LogP contribution in [0, 0.1) is 0 Å². The number of amides is 1. The molecule has 1 aliphatic rings. The number of aliphatic imine (C=N–C) groups is 1. The molecule has 1 aliphatic carbocycles. The summed E-state index contributed by atoms with van der Waals surface area (Å²) in [6.07, 6.45) is -4.76. The maximum absolute atomic E-state index is 12.9. The van der Waals surface area contributed by atoms with Crippen LogP contribution in [0.15, 0.2) is 88.6 Å². The predicted molar refractivity (Wildman–Crippen MR) is 120 cm³/mol. The highest BCUT2D eigenvalue weighted by atomic mass is 19.4. The van der Waals surface area contributed by atoms with Crippen molar-refractivity contribution in [3.8, 4) is 5.75 Å². The van der Waals surface area contributed by atoms with Crippen molar-refractivity contribution in [2.75, 3.05) is 17.7 Å². The van der Waals surface area contributed by atoms with Crippen molar-refractivity contribution < 1.29 is 35.9 Å². The van der Waals surface area contributed by atoms with Gasteiger partial charge in [0.25, 0.3) is 5.91 Å². The number of nitrogens with one attached hydrogen (secondary N) is 2. The average molecular weight is 495 g/mol. The number of hydrogen-bond acceptors (Lipinski definition) is 4. The van der Waals surface area contributed by atoms with Crippen LogP contribution in [0.4, 0.5) is 37.7 Å². The topological polar surface area (TPSA) is 62.7 Å². The predicted octanol–water partition coefficient (Wildman–Crippen LogP) is 6.50. The number of alkyl halides is 6. The van der Waals surface area contributed by atoms with Gasteiger partial charge >= 0.3 is 12.5 Å². The number of rotatable bonds is 5. The van der Waals surface area contributed by atoms with E-state index in [4.69, 9.17) is 0 Å². The maximum Gasteiger partial charge on any atom is 0.573 e. The Morgan fingerprint density at radius 1 is 0.914 bits per heavy atom. The highest BCUT2D eigenvalue weighted by Crippen LogP contribution is 2.31. The Bertz CT molecular complexity index is 1220. The number of carbonyl (C=O) groups is 1. The van der Waals surface area contributed by atoms with E-state index in [1.807, 2.05) is 0 Å². The SMILES string of the molecule is C/N=C1/C=C(C(=O)Nc2cccc(C(F)(F)F)c2)C=C/C1=C(/C)Nc1ccc(OC(F)(F)F)cc1. The summed E-state index contributed by atoms with van der Waals surface area (Å²) in [4.78, 5) is 16.7. The van der Waals surface area contributed by atoms with Gasteiger partial charge in [-0.25, -0.2) is 0 Å². The largest absolute Gasteiger partial charge is 0.573 e. The molecule has 11 heteroatoms. The number of carbonyl (C=O) groups excluding carboxylic acids is 1. The van der Waals surface area contributed by atoms with Gasteiger partial charge < -0.3 is 15.4 Å². The third-order valence-corrected chi connectivity index (χ3v) is 4.77. The lowest BCUT2D eigenvalue weighted by atomic mass is 9.97. The number of halogens is 6. The zero-order valence-electron chi connectivity index (χ0n) is 18.4. The van der Waals surface area contributed by atoms with Gasteiger partial charge in [-0.2, -0.15) is 13.2 Å². The molecule has 0 aliphatic heterocycles. The second kappa shape index (κ2) is 10.1. The number of nitrogens with zero attached hydrogens (tertiary/aromatic N) is 1. The Hall–Kier alpha value is -4.02. The Morgan fingerprint density at radius 2 is 1.60 bits per heavy atom. The minimum absolute atomic E-state index is 0.00810. The average Bonchev–Trinajstić information content (AvgIpc) is 2.78. The molecule has 5 nitrogen and oxygen atoms in total. The first-order chi connectivity index (χ1) is 16.4.